The number of rotatable bonds is 4. The van der Waals surface area contributed by atoms with Gasteiger partial charge in [0.05, 0.1) is 28.2 Å². The highest BCUT2D eigenvalue weighted by Crippen LogP contribution is 2.31. The van der Waals surface area contributed by atoms with Gasteiger partial charge in [0.2, 0.25) is 0 Å². The molecule has 0 unspecified atom stereocenters. The Morgan fingerprint density at radius 2 is 1.93 bits per heavy atom. The predicted molar refractivity (Wildman–Crippen MR) is 92.0 cm³/mol. The van der Waals surface area contributed by atoms with Crippen LogP contribution in [0.15, 0.2) is 18.2 Å². The Balaban J connectivity index is 2.10. The summed E-state index contributed by atoms with van der Waals surface area (Å²) in [5, 5.41) is 6.78. The number of alkyl halides is 3. The van der Waals surface area contributed by atoms with Gasteiger partial charge in [-0.05, 0) is 39.0 Å². The van der Waals surface area contributed by atoms with E-state index in [1.54, 1.807) is 25.6 Å². The van der Waals surface area contributed by atoms with Crippen LogP contribution in [0.2, 0.25) is 0 Å². The maximum absolute atomic E-state index is 12.7. The third-order valence-electron chi connectivity index (χ3n) is 4.01. The van der Waals surface area contributed by atoms with Gasteiger partial charge in [-0.3, -0.25) is 9.48 Å². The number of nitrogens with one attached hydrogen (secondary N) is 1. The zero-order valence-electron chi connectivity index (χ0n) is 15.1. The van der Waals surface area contributed by atoms with Gasteiger partial charge in [-0.2, -0.15) is 18.3 Å². The van der Waals surface area contributed by atoms with E-state index in [0.29, 0.717) is 23.1 Å². The van der Waals surface area contributed by atoms with Crippen LogP contribution in [-0.2, 0) is 22.8 Å². The molecule has 0 aliphatic carbocycles. The number of hydrogen-bond donors (Lipinski definition) is 2. The molecule has 10 heteroatoms. The van der Waals surface area contributed by atoms with Crippen molar-refractivity contribution >= 4 is 23.3 Å². The molecule has 0 radical (unpaired) electrons. The van der Waals surface area contributed by atoms with Gasteiger partial charge in [0, 0.05) is 12.7 Å². The molecule has 0 saturated carbocycles. The van der Waals surface area contributed by atoms with Crippen molar-refractivity contribution in [3.63, 3.8) is 0 Å². The number of benzene rings is 1. The van der Waals surface area contributed by atoms with Crippen molar-refractivity contribution in [3.8, 4) is 0 Å². The summed E-state index contributed by atoms with van der Waals surface area (Å²) in [5.74, 6) is -1.60. The van der Waals surface area contributed by atoms with Gasteiger partial charge >= 0.3 is 12.1 Å². The molecule has 0 aliphatic rings. The maximum atomic E-state index is 12.7. The zero-order chi connectivity index (χ0) is 20.5. The van der Waals surface area contributed by atoms with E-state index in [0.717, 1.165) is 12.1 Å². The molecule has 1 aromatic carbocycles. The lowest BCUT2D eigenvalue weighted by molar-refractivity contribution is -0.137. The Kier molecular flexibility index (Phi) is 5.48. The molecule has 1 amide bonds. The molecule has 1 aromatic heterocycles. The van der Waals surface area contributed by atoms with Crippen LogP contribution in [0, 0.1) is 13.8 Å². The molecule has 2 aromatic rings. The molecule has 0 bridgehead atoms. The highest BCUT2D eigenvalue weighted by molar-refractivity contribution is 5.99. The third-order valence-corrected chi connectivity index (χ3v) is 4.01. The normalized spacial score (nSPS) is 12.6. The van der Waals surface area contributed by atoms with Crippen molar-refractivity contribution in [2.24, 2.45) is 7.05 Å². The van der Waals surface area contributed by atoms with Crippen LogP contribution >= 0.6 is 0 Å². The van der Waals surface area contributed by atoms with E-state index in [4.69, 9.17) is 10.5 Å². The van der Waals surface area contributed by atoms with Gasteiger partial charge in [0.1, 0.15) is 0 Å². The minimum atomic E-state index is -4.58. The number of nitrogens with two attached hydrogens (primary N) is 1. The van der Waals surface area contributed by atoms with Crippen molar-refractivity contribution in [3.05, 3.63) is 40.7 Å². The summed E-state index contributed by atoms with van der Waals surface area (Å²) in [5.41, 5.74) is 5.71. The maximum Gasteiger partial charge on any atom is 0.416 e. The first-order chi connectivity index (χ1) is 12.4. The number of nitrogens with zero attached hydrogens (tertiary/aromatic N) is 2. The summed E-state index contributed by atoms with van der Waals surface area (Å²) in [7, 11) is 1.72. The Labute approximate surface area is 153 Å². The molecule has 0 aliphatic heterocycles. The lowest BCUT2D eigenvalue weighted by atomic mass is 10.1. The van der Waals surface area contributed by atoms with Gasteiger partial charge in [-0.15, -0.1) is 0 Å². The summed E-state index contributed by atoms with van der Waals surface area (Å²) in [6.07, 6.45) is -5.78. The third kappa shape index (κ3) is 4.39. The van der Waals surface area contributed by atoms with Crippen LogP contribution < -0.4 is 11.1 Å². The largest absolute Gasteiger partial charge is 0.449 e. The van der Waals surface area contributed by atoms with E-state index < -0.39 is 29.7 Å². The number of halogens is 3. The van der Waals surface area contributed by atoms with Crippen molar-refractivity contribution in [2.45, 2.75) is 33.1 Å². The highest BCUT2D eigenvalue weighted by atomic mass is 19.4. The van der Waals surface area contributed by atoms with E-state index >= 15 is 0 Å². The van der Waals surface area contributed by atoms with Gasteiger partial charge in [-0.25, -0.2) is 4.79 Å². The predicted octanol–water partition coefficient (Wildman–Crippen LogP) is 2.82. The van der Waals surface area contributed by atoms with E-state index in [1.165, 1.54) is 6.92 Å². The molecule has 1 heterocycles. The minimum absolute atomic E-state index is 0.253. The van der Waals surface area contributed by atoms with Crippen LogP contribution in [0.5, 0.6) is 0 Å². The van der Waals surface area contributed by atoms with Crippen molar-refractivity contribution in [2.75, 3.05) is 11.1 Å². The Morgan fingerprint density at radius 1 is 1.30 bits per heavy atom. The van der Waals surface area contributed by atoms with Crippen LogP contribution in [0.1, 0.15) is 34.2 Å². The van der Waals surface area contributed by atoms with Crippen LogP contribution in [0.25, 0.3) is 0 Å². The fourth-order valence-electron chi connectivity index (χ4n) is 2.38. The molecule has 1 atom stereocenters. The second kappa shape index (κ2) is 7.29. The number of hydrogen-bond acceptors (Lipinski definition) is 5. The number of carbonyl (C=O) groups is 2. The van der Waals surface area contributed by atoms with E-state index in [9.17, 15) is 22.8 Å². The van der Waals surface area contributed by atoms with Gasteiger partial charge < -0.3 is 15.8 Å². The highest BCUT2D eigenvalue weighted by Gasteiger charge is 2.31. The average Bonchev–Trinajstić information content (AvgIpc) is 2.79. The first kappa shape index (κ1) is 20.3. The summed E-state index contributed by atoms with van der Waals surface area (Å²) < 4.78 is 44.6. The molecule has 27 heavy (non-hydrogen) atoms. The lowest BCUT2D eigenvalue weighted by Gasteiger charge is -2.15. The van der Waals surface area contributed by atoms with Gasteiger partial charge in [0.15, 0.2) is 6.10 Å². The SMILES string of the molecule is Cc1nn(C)c(C)c1NC(=O)[C@@H](C)OC(=O)c1ccc(C(F)(F)F)cc1N. The quantitative estimate of drug-likeness (QED) is 0.624. The van der Waals surface area contributed by atoms with Gasteiger partial charge in [0.25, 0.3) is 5.91 Å². The van der Waals surface area contributed by atoms with E-state index in [2.05, 4.69) is 10.4 Å². The second-order valence-electron chi connectivity index (χ2n) is 6.01. The van der Waals surface area contributed by atoms with E-state index in [1.807, 2.05) is 0 Å². The fraction of sp³-hybridized carbons (Fsp3) is 0.353. The summed E-state index contributed by atoms with van der Waals surface area (Å²) >= 11 is 0. The summed E-state index contributed by atoms with van der Waals surface area (Å²) in [4.78, 5) is 24.4. The monoisotopic (exact) mass is 384 g/mol. The topological polar surface area (TPSA) is 99.2 Å². The summed E-state index contributed by atoms with van der Waals surface area (Å²) in [6, 6.07) is 2.28. The molecule has 7 nitrogen and oxygen atoms in total. The Bertz CT molecular complexity index is 890. The number of carbonyl (C=O) groups excluding carboxylic acids is 2. The van der Waals surface area contributed by atoms with Crippen LogP contribution in [0.3, 0.4) is 0 Å². The zero-order valence-corrected chi connectivity index (χ0v) is 15.1. The molecule has 0 fully saturated rings. The number of nitrogen functional groups attached to an aromatic ring is 1. The fourth-order valence-corrected chi connectivity index (χ4v) is 2.38. The Hall–Kier alpha value is -3.04. The first-order valence-corrected chi connectivity index (χ1v) is 7.90. The van der Waals surface area contributed by atoms with Crippen molar-refractivity contribution < 1.29 is 27.5 Å². The second-order valence-corrected chi connectivity index (χ2v) is 6.01. The lowest BCUT2D eigenvalue weighted by Crippen LogP contribution is -2.30. The number of anilines is 2. The minimum Gasteiger partial charge on any atom is -0.449 e. The summed E-state index contributed by atoms with van der Waals surface area (Å²) in [6.45, 7) is 4.81. The molecule has 3 N–H and O–H groups in total. The van der Waals surface area contributed by atoms with Crippen molar-refractivity contribution in [1.29, 1.82) is 0 Å². The number of ether oxygens (including phenoxy) is 1. The number of aryl methyl sites for hydroxylation is 2. The molecule has 0 spiro atoms. The number of esters is 1. The molecule has 146 valence electrons. The number of amides is 1. The smallest absolute Gasteiger partial charge is 0.416 e. The molecule has 0 saturated heterocycles. The first-order valence-electron chi connectivity index (χ1n) is 7.90. The Morgan fingerprint density at radius 3 is 2.41 bits per heavy atom. The molecule has 2 rings (SSSR count). The standard InChI is InChI=1S/C17H19F3N4O3/c1-8-14(9(2)24(4)23-8)22-15(25)10(3)27-16(26)12-6-5-11(7-13(12)21)17(18,19)20/h5-7,10H,21H2,1-4H3,(H,22,25)/t10-/m1/s1. The number of aromatic nitrogens is 2. The van der Waals surface area contributed by atoms with Crippen molar-refractivity contribution in [1.82, 2.24) is 9.78 Å². The average molecular weight is 384 g/mol. The van der Waals surface area contributed by atoms with Crippen LogP contribution in [0.4, 0.5) is 24.5 Å². The van der Waals surface area contributed by atoms with Crippen LogP contribution in [-0.4, -0.2) is 27.8 Å². The van der Waals surface area contributed by atoms with Gasteiger partial charge in [-0.1, -0.05) is 0 Å². The molecular weight excluding hydrogens is 365 g/mol. The van der Waals surface area contributed by atoms with E-state index in [-0.39, 0.29) is 11.3 Å². The molecular formula is C17H19F3N4O3.